The van der Waals surface area contributed by atoms with Gasteiger partial charge in [0.1, 0.15) is 23.0 Å². The minimum atomic E-state index is -0.0767. The standard InChI is InChI=1S/C19H26N6O3/c1-11-18(12(2)28-22-11)19(27)24-9-6-15-16(24)10-17(26)23(15)7-5-8-25-14(4)20-13(3)21-25/h15-16H,5-10H2,1-4H3/t15-,16-/m0/s1. The summed E-state index contributed by atoms with van der Waals surface area (Å²) in [7, 11) is 0. The van der Waals surface area contributed by atoms with E-state index in [9.17, 15) is 9.59 Å². The van der Waals surface area contributed by atoms with E-state index in [1.165, 1.54) is 0 Å². The number of carbonyl (C=O) groups excluding carboxylic acids is 2. The lowest BCUT2D eigenvalue weighted by Gasteiger charge is -2.25. The third-order valence-electron chi connectivity index (χ3n) is 5.85. The molecule has 2 aliphatic heterocycles. The zero-order chi connectivity index (χ0) is 20.0. The van der Waals surface area contributed by atoms with E-state index < -0.39 is 0 Å². The van der Waals surface area contributed by atoms with Crippen LogP contribution < -0.4 is 0 Å². The number of fused-ring (bicyclic) bond motifs is 1. The maximum absolute atomic E-state index is 13.0. The summed E-state index contributed by atoms with van der Waals surface area (Å²) < 4.78 is 7.03. The Balaban J connectivity index is 1.41. The molecule has 2 aromatic heterocycles. The number of amides is 2. The molecule has 4 heterocycles. The van der Waals surface area contributed by atoms with Gasteiger partial charge in [-0.25, -0.2) is 4.98 Å². The number of likely N-dealkylation sites (tertiary alicyclic amines) is 2. The quantitative estimate of drug-likeness (QED) is 0.771. The lowest BCUT2D eigenvalue weighted by molar-refractivity contribution is -0.129. The molecule has 2 fully saturated rings. The summed E-state index contributed by atoms with van der Waals surface area (Å²) in [5.41, 5.74) is 1.13. The summed E-state index contributed by atoms with van der Waals surface area (Å²) in [6.07, 6.45) is 2.02. The highest BCUT2D eigenvalue weighted by atomic mass is 16.5. The third kappa shape index (κ3) is 3.08. The molecule has 9 heteroatoms. The zero-order valence-corrected chi connectivity index (χ0v) is 16.8. The number of aryl methyl sites for hydroxylation is 5. The molecule has 4 rings (SSSR count). The van der Waals surface area contributed by atoms with Crippen molar-refractivity contribution in [3.8, 4) is 0 Å². The Labute approximate surface area is 163 Å². The molecule has 0 saturated carbocycles. The molecule has 0 bridgehead atoms. The Morgan fingerprint density at radius 2 is 1.96 bits per heavy atom. The van der Waals surface area contributed by atoms with Crippen molar-refractivity contribution in [3.05, 3.63) is 28.7 Å². The zero-order valence-electron chi connectivity index (χ0n) is 16.8. The fraction of sp³-hybridized carbons (Fsp3) is 0.632. The largest absolute Gasteiger partial charge is 0.361 e. The first-order valence-corrected chi connectivity index (χ1v) is 9.78. The molecular formula is C19H26N6O3. The van der Waals surface area contributed by atoms with Crippen LogP contribution in [0.2, 0.25) is 0 Å². The van der Waals surface area contributed by atoms with Crippen LogP contribution in [0.25, 0.3) is 0 Å². The summed E-state index contributed by atoms with van der Waals surface area (Å²) in [6.45, 7) is 9.40. The predicted molar refractivity (Wildman–Crippen MR) is 99.6 cm³/mol. The van der Waals surface area contributed by atoms with Gasteiger partial charge in [-0.2, -0.15) is 5.10 Å². The van der Waals surface area contributed by atoms with Crippen LogP contribution in [0.15, 0.2) is 4.52 Å². The maximum Gasteiger partial charge on any atom is 0.259 e. The highest BCUT2D eigenvalue weighted by Gasteiger charge is 2.48. The van der Waals surface area contributed by atoms with Crippen LogP contribution in [0, 0.1) is 27.7 Å². The lowest BCUT2D eigenvalue weighted by atomic mass is 10.1. The molecule has 0 aliphatic carbocycles. The molecule has 0 radical (unpaired) electrons. The van der Waals surface area contributed by atoms with Gasteiger partial charge in [0.2, 0.25) is 5.91 Å². The highest BCUT2D eigenvalue weighted by molar-refractivity contribution is 5.97. The van der Waals surface area contributed by atoms with Gasteiger partial charge in [0.25, 0.3) is 5.91 Å². The molecule has 0 N–H and O–H groups in total. The van der Waals surface area contributed by atoms with Crippen LogP contribution in [0.4, 0.5) is 0 Å². The Bertz CT molecular complexity index is 897. The molecule has 0 unspecified atom stereocenters. The van der Waals surface area contributed by atoms with Crippen molar-refractivity contribution in [1.29, 1.82) is 0 Å². The summed E-state index contributed by atoms with van der Waals surface area (Å²) in [5, 5.41) is 8.26. The average Bonchev–Trinajstić information content (AvgIpc) is 3.35. The Morgan fingerprint density at radius 3 is 2.61 bits per heavy atom. The monoisotopic (exact) mass is 386 g/mol. The molecule has 0 aromatic carbocycles. The van der Waals surface area contributed by atoms with Crippen LogP contribution in [0.1, 0.15) is 52.7 Å². The van der Waals surface area contributed by atoms with Gasteiger partial charge in [0, 0.05) is 26.1 Å². The predicted octanol–water partition coefficient (Wildman–Crippen LogP) is 1.41. The number of hydrogen-bond acceptors (Lipinski definition) is 6. The van der Waals surface area contributed by atoms with Crippen molar-refractivity contribution in [2.75, 3.05) is 13.1 Å². The first-order chi connectivity index (χ1) is 13.4. The van der Waals surface area contributed by atoms with Gasteiger partial charge in [-0.1, -0.05) is 5.16 Å². The van der Waals surface area contributed by atoms with E-state index in [0.717, 1.165) is 31.0 Å². The molecule has 9 nitrogen and oxygen atoms in total. The number of rotatable bonds is 5. The van der Waals surface area contributed by atoms with Gasteiger partial charge in [-0.3, -0.25) is 14.3 Å². The molecule has 2 aliphatic rings. The molecule has 28 heavy (non-hydrogen) atoms. The van der Waals surface area contributed by atoms with Crippen molar-refractivity contribution >= 4 is 11.8 Å². The minimum Gasteiger partial charge on any atom is -0.361 e. The highest BCUT2D eigenvalue weighted by Crippen LogP contribution is 2.34. The molecule has 0 spiro atoms. The number of hydrogen-bond donors (Lipinski definition) is 0. The number of aromatic nitrogens is 4. The molecule has 2 atom stereocenters. The second-order valence-electron chi connectivity index (χ2n) is 7.70. The van der Waals surface area contributed by atoms with E-state index in [1.807, 2.05) is 28.3 Å². The van der Waals surface area contributed by atoms with E-state index >= 15 is 0 Å². The second-order valence-corrected chi connectivity index (χ2v) is 7.70. The molecule has 2 saturated heterocycles. The molecular weight excluding hydrogens is 360 g/mol. The van der Waals surface area contributed by atoms with E-state index in [0.29, 0.717) is 36.5 Å². The molecule has 2 amide bonds. The fourth-order valence-corrected chi connectivity index (χ4v) is 4.57. The first-order valence-electron chi connectivity index (χ1n) is 9.78. The molecule has 2 aromatic rings. The summed E-state index contributed by atoms with van der Waals surface area (Å²) >= 11 is 0. The minimum absolute atomic E-state index is 0.0657. The average molecular weight is 386 g/mol. The topological polar surface area (TPSA) is 97.4 Å². The second kappa shape index (κ2) is 7.03. The fourth-order valence-electron chi connectivity index (χ4n) is 4.57. The van der Waals surface area contributed by atoms with Crippen molar-refractivity contribution in [1.82, 2.24) is 29.7 Å². The van der Waals surface area contributed by atoms with Crippen LogP contribution in [-0.2, 0) is 11.3 Å². The maximum atomic E-state index is 13.0. The Kier molecular flexibility index (Phi) is 4.68. The van der Waals surface area contributed by atoms with Gasteiger partial charge in [0.15, 0.2) is 0 Å². The van der Waals surface area contributed by atoms with Crippen LogP contribution >= 0.6 is 0 Å². The van der Waals surface area contributed by atoms with Crippen molar-refractivity contribution in [2.24, 2.45) is 0 Å². The SMILES string of the molecule is Cc1nc(C)n(CCCN2C(=O)C[C@H]3[C@@H]2CCN3C(=O)c2c(C)noc2C)n1. The van der Waals surface area contributed by atoms with E-state index in [2.05, 4.69) is 15.2 Å². The van der Waals surface area contributed by atoms with Gasteiger partial charge in [-0.05, 0) is 40.5 Å². The van der Waals surface area contributed by atoms with Gasteiger partial charge in [-0.15, -0.1) is 0 Å². The van der Waals surface area contributed by atoms with Crippen molar-refractivity contribution in [2.45, 2.75) is 65.6 Å². The van der Waals surface area contributed by atoms with Crippen LogP contribution in [-0.4, -0.2) is 66.7 Å². The summed E-state index contributed by atoms with van der Waals surface area (Å²) in [4.78, 5) is 33.7. The Morgan fingerprint density at radius 1 is 1.18 bits per heavy atom. The third-order valence-corrected chi connectivity index (χ3v) is 5.85. The van der Waals surface area contributed by atoms with Gasteiger partial charge < -0.3 is 14.3 Å². The smallest absolute Gasteiger partial charge is 0.259 e. The van der Waals surface area contributed by atoms with E-state index in [-0.39, 0.29) is 23.9 Å². The summed E-state index contributed by atoms with van der Waals surface area (Å²) in [5.74, 6) is 2.23. The molecule has 150 valence electrons. The van der Waals surface area contributed by atoms with Crippen LogP contribution in [0.3, 0.4) is 0 Å². The van der Waals surface area contributed by atoms with E-state index in [4.69, 9.17) is 4.52 Å². The van der Waals surface area contributed by atoms with Crippen LogP contribution in [0.5, 0.6) is 0 Å². The van der Waals surface area contributed by atoms with Crippen molar-refractivity contribution < 1.29 is 14.1 Å². The number of nitrogens with zero attached hydrogens (tertiary/aromatic N) is 6. The normalized spacial score (nSPS) is 21.6. The van der Waals surface area contributed by atoms with Gasteiger partial charge >= 0.3 is 0 Å². The van der Waals surface area contributed by atoms with Gasteiger partial charge in [0.05, 0.1) is 17.8 Å². The number of carbonyl (C=O) groups is 2. The van der Waals surface area contributed by atoms with E-state index in [1.54, 1.807) is 13.8 Å². The summed E-state index contributed by atoms with van der Waals surface area (Å²) in [6, 6.07) is 0.0274. The lowest BCUT2D eigenvalue weighted by Crippen LogP contribution is -2.40. The first kappa shape index (κ1) is 18.6. The Hall–Kier alpha value is -2.71. The van der Waals surface area contributed by atoms with Crippen molar-refractivity contribution in [3.63, 3.8) is 0 Å².